The summed E-state index contributed by atoms with van der Waals surface area (Å²) >= 11 is 0. The van der Waals surface area contributed by atoms with Crippen LogP contribution in [0.1, 0.15) is 12.0 Å². The minimum atomic E-state index is -0.892. The molecule has 33 heavy (non-hydrogen) atoms. The molecule has 5 heteroatoms. The fourth-order valence-corrected chi connectivity index (χ4v) is 5.92. The van der Waals surface area contributed by atoms with Crippen molar-refractivity contribution in [3.8, 4) is 0 Å². The predicted molar refractivity (Wildman–Crippen MR) is 126 cm³/mol. The van der Waals surface area contributed by atoms with E-state index in [9.17, 15) is 14.4 Å². The zero-order valence-corrected chi connectivity index (χ0v) is 18.1. The molecule has 1 N–H and O–H groups in total. The number of benzene rings is 3. The molecule has 0 aromatic heterocycles. The van der Waals surface area contributed by atoms with Crippen LogP contribution in [-0.4, -0.2) is 28.7 Å². The van der Waals surface area contributed by atoms with E-state index in [0.717, 1.165) is 22.8 Å². The van der Waals surface area contributed by atoms with E-state index in [0.29, 0.717) is 5.69 Å². The Labute approximate surface area is 192 Å². The van der Waals surface area contributed by atoms with Crippen LogP contribution in [0.15, 0.2) is 84.9 Å². The number of carbonyl (C=O) groups excluding carboxylic acids is 3. The van der Waals surface area contributed by atoms with Crippen molar-refractivity contribution in [2.24, 2.45) is 23.7 Å². The molecule has 2 aliphatic carbocycles. The monoisotopic (exact) mass is 436 g/mol. The number of likely N-dealkylation sites (tertiary alicyclic amines) is 1. The lowest BCUT2D eigenvalue weighted by molar-refractivity contribution is -0.147. The summed E-state index contributed by atoms with van der Waals surface area (Å²) in [6.45, 7) is 0. The Kier molecular flexibility index (Phi) is 4.64. The maximum Gasteiger partial charge on any atom is 0.248 e. The molecule has 3 aromatic carbocycles. The first-order chi connectivity index (χ1) is 16.1. The van der Waals surface area contributed by atoms with Crippen molar-refractivity contribution >= 4 is 34.2 Å². The Morgan fingerprint density at radius 3 is 2.21 bits per heavy atom. The maximum absolute atomic E-state index is 13.7. The molecule has 2 fully saturated rings. The zero-order chi connectivity index (χ0) is 22.5. The summed E-state index contributed by atoms with van der Waals surface area (Å²) in [7, 11) is 0. The largest absolute Gasteiger partial charge is 0.324 e. The minimum absolute atomic E-state index is 0.111. The first-order valence-corrected chi connectivity index (χ1v) is 11.5. The third-order valence-corrected chi connectivity index (χ3v) is 7.44. The number of carbonyl (C=O) groups is 3. The van der Waals surface area contributed by atoms with Crippen molar-refractivity contribution in [1.29, 1.82) is 0 Å². The first kappa shape index (κ1) is 19.9. The Balaban J connectivity index is 1.35. The minimum Gasteiger partial charge on any atom is -0.324 e. The van der Waals surface area contributed by atoms with Crippen LogP contribution in [0.25, 0.3) is 10.8 Å². The molecule has 164 valence electrons. The van der Waals surface area contributed by atoms with Crippen LogP contribution in [0.5, 0.6) is 0 Å². The van der Waals surface area contributed by atoms with Crippen LogP contribution in [0.4, 0.5) is 5.69 Å². The molecule has 2 bridgehead atoms. The summed E-state index contributed by atoms with van der Waals surface area (Å²) in [6, 6.07) is 22.2. The van der Waals surface area contributed by atoms with Gasteiger partial charge in [-0.2, -0.15) is 0 Å². The Morgan fingerprint density at radius 1 is 0.848 bits per heavy atom. The predicted octanol–water partition coefficient (Wildman–Crippen LogP) is 4.20. The van der Waals surface area contributed by atoms with E-state index >= 15 is 0 Å². The number of nitrogens with zero attached hydrogens (tertiary/aromatic N) is 1. The number of nitrogens with one attached hydrogen (secondary N) is 1. The van der Waals surface area contributed by atoms with Gasteiger partial charge < -0.3 is 5.32 Å². The number of amides is 3. The summed E-state index contributed by atoms with van der Waals surface area (Å²) in [5.74, 6) is -1.16. The van der Waals surface area contributed by atoms with Gasteiger partial charge in [-0.25, -0.2) is 0 Å². The smallest absolute Gasteiger partial charge is 0.248 e. The van der Waals surface area contributed by atoms with Crippen molar-refractivity contribution in [3.63, 3.8) is 0 Å². The van der Waals surface area contributed by atoms with Crippen LogP contribution in [0.2, 0.25) is 0 Å². The second kappa shape index (κ2) is 7.69. The Hall–Kier alpha value is -3.73. The molecule has 1 aliphatic heterocycles. The number of fused-ring (bicyclic) bond motifs is 6. The van der Waals surface area contributed by atoms with Crippen LogP contribution in [-0.2, 0) is 20.8 Å². The van der Waals surface area contributed by atoms with Gasteiger partial charge in [-0.05, 0) is 35.3 Å². The van der Waals surface area contributed by atoms with Crippen molar-refractivity contribution in [1.82, 2.24) is 4.90 Å². The quantitative estimate of drug-likeness (QED) is 0.482. The van der Waals surface area contributed by atoms with Gasteiger partial charge in [-0.3, -0.25) is 19.3 Å². The topological polar surface area (TPSA) is 66.5 Å². The van der Waals surface area contributed by atoms with Crippen molar-refractivity contribution in [2.75, 3.05) is 5.32 Å². The summed E-state index contributed by atoms with van der Waals surface area (Å²) in [5.41, 5.74) is 1.59. The number of anilines is 1. The van der Waals surface area contributed by atoms with E-state index in [2.05, 4.69) is 17.5 Å². The molecule has 3 amide bonds. The molecular formula is C28H24N2O3. The average Bonchev–Trinajstić information content (AvgIpc) is 3.52. The van der Waals surface area contributed by atoms with Crippen molar-refractivity contribution in [3.05, 3.63) is 90.5 Å². The third kappa shape index (κ3) is 3.18. The van der Waals surface area contributed by atoms with Crippen molar-refractivity contribution < 1.29 is 14.4 Å². The highest BCUT2D eigenvalue weighted by atomic mass is 16.2. The van der Waals surface area contributed by atoms with Crippen LogP contribution in [0, 0.1) is 23.7 Å². The van der Waals surface area contributed by atoms with E-state index in [1.54, 1.807) is 0 Å². The average molecular weight is 437 g/mol. The second-order valence-corrected chi connectivity index (χ2v) is 9.27. The van der Waals surface area contributed by atoms with Gasteiger partial charge in [0.1, 0.15) is 6.04 Å². The molecule has 6 rings (SSSR count). The highest BCUT2D eigenvalue weighted by molar-refractivity contribution is 6.12. The van der Waals surface area contributed by atoms with E-state index in [1.165, 1.54) is 4.90 Å². The van der Waals surface area contributed by atoms with Gasteiger partial charge in [0.2, 0.25) is 17.7 Å². The third-order valence-electron chi connectivity index (χ3n) is 7.44. The highest BCUT2D eigenvalue weighted by Crippen LogP contribution is 2.53. The first-order valence-electron chi connectivity index (χ1n) is 11.5. The lowest BCUT2D eigenvalue weighted by atomic mass is 9.85. The molecule has 1 heterocycles. The van der Waals surface area contributed by atoms with Gasteiger partial charge in [0, 0.05) is 17.5 Å². The van der Waals surface area contributed by atoms with Gasteiger partial charge in [0.15, 0.2) is 0 Å². The second-order valence-electron chi connectivity index (χ2n) is 9.27. The number of imide groups is 1. The fourth-order valence-electron chi connectivity index (χ4n) is 5.92. The van der Waals surface area contributed by atoms with Gasteiger partial charge in [-0.15, -0.1) is 0 Å². The molecule has 3 aliphatic rings. The van der Waals surface area contributed by atoms with Gasteiger partial charge >= 0.3 is 0 Å². The standard InChI is InChI=1S/C28H24N2O3/c31-26(29-22-12-6-10-18-9-4-5-11-21(18)22)23(15-17-7-2-1-3-8-17)30-27(32)24-19-13-14-20(16-19)25(24)28(30)33/h1-14,19-20,23-25H,15-16H2,(H,29,31)/t19-,20-,23+,24-,25+/m0/s1. The van der Waals surface area contributed by atoms with Gasteiger partial charge in [0.05, 0.1) is 11.8 Å². The molecule has 0 radical (unpaired) electrons. The highest BCUT2D eigenvalue weighted by Gasteiger charge is 2.61. The number of allylic oxidation sites excluding steroid dienone is 2. The number of hydrogen-bond acceptors (Lipinski definition) is 3. The molecule has 5 nitrogen and oxygen atoms in total. The van der Waals surface area contributed by atoms with E-state index in [1.807, 2.05) is 72.8 Å². The summed E-state index contributed by atoms with van der Waals surface area (Å²) < 4.78 is 0. The molecule has 0 spiro atoms. The Bertz CT molecular complexity index is 1260. The zero-order valence-electron chi connectivity index (χ0n) is 18.1. The van der Waals surface area contributed by atoms with Gasteiger partial charge in [-0.1, -0.05) is 78.9 Å². The fraction of sp³-hybridized carbons (Fsp3) is 0.250. The van der Waals surface area contributed by atoms with E-state index in [4.69, 9.17) is 0 Å². The lowest BCUT2D eigenvalue weighted by Gasteiger charge is -2.27. The van der Waals surface area contributed by atoms with Crippen LogP contribution in [0.3, 0.4) is 0 Å². The Morgan fingerprint density at radius 2 is 1.48 bits per heavy atom. The summed E-state index contributed by atoms with van der Waals surface area (Å²) in [5, 5.41) is 4.96. The molecule has 1 saturated carbocycles. The van der Waals surface area contributed by atoms with Crippen molar-refractivity contribution in [2.45, 2.75) is 18.9 Å². The number of rotatable bonds is 5. The molecular weight excluding hydrogens is 412 g/mol. The maximum atomic E-state index is 13.7. The van der Waals surface area contributed by atoms with E-state index in [-0.39, 0.29) is 47.8 Å². The molecule has 5 atom stereocenters. The number of hydrogen-bond donors (Lipinski definition) is 1. The van der Waals surface area contributed by atoms with Gasteiger partial charge in [0.25, 0.3) is 0 Å². The summed E-state index contributed by atoms with van der Waals surface area (Å²) in [4.78, 5) is 41.9. The molecule has 0 unspecified atom stereocenters. The summed E-state index contributed by atoms with van der Waals surface area (Å²) in [6.07, 6.45) is 5.30. The SMILES string of the molecule is O=C(Nc1cccc2ccccc12)[C@@H](Cc1ccccc1)N1C(=O)[C@@H]2[C@H](C1=O)[C@H]1C=C[C@H]2C1. The molecule has 1 saturated heterocycles. The van der Waals surface area contributed by atoms with E-state index < -0.39 is 6.04 Å². The normalized spacial score (nSPS) is 26.1. The van der Waals surface area contributed by atoms with Crippen LogP contribution >= 0.6 is 0 Å². The van der Waals surface area contributed by atoms with Crippen LogP contribution < -0.4 is 5.32 Å². The molecule has 3 aromatic rings. The lowest BCUT2D eigenvalue weighted by Crippen LogP contribution is -2.49.